The largest absolute Gasteiger partial charge is 0.369 e. The van der Waals surface area contributed by atoms with Gasteiger partial charge in [0, 0.05) is 25.7 Å². The lowest BCUT2D eigenvalue weighted by Crippen LogP contribution is -2.26. The van der Waals surface area contributed by atoms with E-state index in [1.807, 2.05) is 6.07 Å². The van der Waals surface area contributed by atoms with E-state index in [1.54, 1.807) is 12.1 Å². The summed E-state index contributed by atoms with van der Waals surface area (Å²) < 4.78 is 14.1. The molecule has 0 amide bonds. The summed E-state index contributed by atoms with van der Waals surface area (Å²) in [6.07, 6.45) is 1.16. The fourth-order valence-electron chi connectivity index (χ4n) is 2.51. The van der Waals surface area contributed by atoms with Crippen molar-refractivity contribution in [2.24, 2.45) is 5.92 Å². The first kappa shape index (κ1) is 13.3. The van der Waals surface area contributed by atoms with Gasteiger partial charge in [-0.3, -0.25) is 0 Å². The van der Waals surface area contributed by atoms with Gasteiger partial charge in [-0.1, -0.05) is 32.9 Å². The van der Waals surface area contributed by atoms with Gasteiger partial charge in [-0.05, 0) is 24.0 Å². The average Bonchev–Trinajstić information content (AvgIpc) is 2.72. The number of para-hydroxylation sites is 1. The van der Waals surface area contributed by atoms with Crippen LogP contribution in [0.2, 0.25) is 0 Å². The van der Waals surface area contributed by atoms with Crippen LogP contribution in [0.3, 0.4) is 0 Å². The molecule has 2 rings (SSSR count). The van der Waals surface area contributed by atoms with Gasteiger partial charge in [0.1, 0.15) is 5.82 Å². The summed E-state index contributed by atoms with van der Waals surface area (Å²) in [7, 11) is 0. The second-order valence-corrected chi connectivity index (χ2v) is 5.62. The molecule has 0 aromatic heterocycles. The Morgan fingerprint density at radius 3 is 2.83 bits per heavy atom. The summed E-state index contributed by atoms with van der Waals surface area (Å²) in [5.41, 5.74) is 1.87. The van der Waals surface area contributed by atoms with Crippen molar-refractivity contribution < 1.29 is 4.39 Å². The van der Waals surface area contributed by atoms with Crippen LogP contribution in [0.15, 0.2) is 18.2 Å². The molecule has 0 bridgehead atoms. The van der Waals surface area contributed by atoms with Crippen LogP contribution in [0, 0.1) is 11.7 Å². The van der Waals surface area contributed by atoms with Crippen molar-refractivity contribution in [2.45, 2.75) is 39.8 Å². The highest BCUT2D eigenvalue weighted by atomic mass is 19.1. The van der Waals surface area contributed by atoms with Crippen LogP contribution in [-0.4, -0.2) is 19.1 Å². The molecule has 1 atom stereocenters. The number of anilines is 1. The standard InChI is InChI=1S/C15H23FN2/c1-11(2)17-9-13-5-4-6-14(16)15(13)18-8-7-12(3)10-18/h4-6,11-12,17H,7-10H2,1-3H3. The molecule has 1 aliphatic rings. The number of halogens is 1. The van der Waals surface area contributed by atoms with Gasteiger partial charge in [0.2, 0.25) is 0 Å². The van der Waals surface area contributed by atoms with E-state index in [1.165, 1.54) is 0 Å². The molecule has 1 unspecified atom stereocenters. The summed E-state index contributed by atoms with van der Waals surface area (Å²) in [5.74, 6) is 0.572. The van der Waals surface area contributed by atoms with Crippen molar-refractivity contribution in [2.75, 3.05) is 18.0 Å². The van der Waals surface area contributed by atoms with Crippen LogP contribution in [0.4, 0.5) is 10.1 Å². The predicted octanol–water partition coefficient (Wildman–Crippen LogP) is 3.17. The van der Waals surface area contributed by atoms with Crippen LogP contribution < -0.4 is 10.2 Å². The second kappa shape index (κ2) is 5.70. The van der Waals surface area contributed by atoms with Gasteiger partial charge in [0.15, 0.2) is 0 Å². The lowest BCUT2D eigenvalue weighted by Gasteiger charge is -2.23. The van der Waals surface area contributed by atoms with E-state index in [0.29, 0.717) is 12.0 Å². The highest BCUT2D eigenvalue weighted by Crippen LogP contribution is 2.29. The highest BCUT2D eigenvalue weighted by Gasteiger charge is 2.23. The zero-order valence-corrected chi connectivity index (χ0v) is 11.5. The van der Waals surface area contributed by atoms with Crippen LogP contribution >= 0.6 is 0 Å². The Labute approximate surface area is 109 Å². The minimum absolute atomic E-state index is 0.0906. The molecule has 2 nitrogen and oxygen atoms in total. The van der Waals surface area contributed by atoms with Crippen LogP contribution in [-0.2, 0) is 6.54 Å². The number of hydrogen-bond donors (Lipinski definition) is 1. The molecule has 1 heterocycles. The smallest absolute Gasteiger partial charge is 0.146 e. The summed E-state index contributed by atoms with van der Waals surface area (Å²) in [6, 6.07) is 5.81. The Bertz CT molecular complexity index is 403. The highest BCUT2D eigenvalue weighted by molar-refractivity contribution is 5.55. The lowest BCUT2D eigenvalue weighted by atomic mass is 10.1. The minimum atomic E-state index is -0.0906. The number of nitrogens with one attached hydrogen (secondary N) is 1. The Kier molecular flexibility index (Phi) is 4.23. The third kappa shape index (κ3) is 3.02. The summed E-state index contributed by atoms with van der Waals surface area (Å²) in [4.78, 5) is 2.19. The SMILES string of the molecule is CC1CCN(c2c(F)cccc2CNC(C)C)C1. The van der Waals surface area contributed by atoms with Crippen molar-refractivity contribution in [1.82, 2.24) is 5.32 Å². The number of benzene rings is 1. The van der Waals surface area contributed by atoms with Crippen molar-refractivity contribution in [1.29, 1.82) is 0 Å². The molecule has 100 valence electrons. The fourth-order valence-corrected chi connectivity index (χ4v) is 2.51. The van der Waals surface area contributed by atoms with Crippen LogP contribution in [0.25, 0.3) is 0 Å². The normalized spacial score (nSPS) is 19.8. The van der Waals surface area contributed by atoms with E-state index in [9.17, 15) is 4.39 Å². The predicted molar refractivity (Wildman–Crippen MR) is 74.4 cm³/mol. The van der Waals surface area contributed by atoms with Crippen LogP contribution in [0.1, 0.15) is 32.8 Å². The van der Waals surface area contributed by atoms with Crippen molar-refractivity contribution >= 4 is 5.69 Å². The van der Waals surface area contributed by atoms with Gasteiger partial charge in [-0.15, -0.1) is 0 Å². The molecule has 0 spiro atoms. The maximum atomic E-state index is 14.1. The molecular formula is C15H23FN2. The monoisotopic (exact) mass is 250 g/mol. The Morgan fingerprint density at radius 2 is 2.22 bits per heavy atom. The van der Waals surface area contributed by atoms with Gasteiger partial charge in [0.25, 0.3) is 0 Å². The van der Waals surface area contributed by atoms with E-state index in [0.717, 1.165) is 37.3 Å². The molecule has 1 saturated heterocycles. The van der Waals surface area contributed by atoms with Crippen LogP contribution in [0.5, 0.6) is 0 Å². The Balaban J connectivity index is 2.21. The average molecular weight is 250 g/mol. The van der Waals surface area contributed by atoms with Gasteiger partial charge >= 0.3 is 0 Å². The number of nitrogens with zero attached hydrogens (tertiary/aromatic N) is 1. The summed E-state index contributed by atoms with van der Waals surface area (Å²) in [5, 5.41) is 3.37. The number of rotatable bonds is 4. The van der Waals surface area contributed by atoms with Gasteiger partial charge in [-0.2, -0.15) is 0 Å². The van der Waals surface area contributed by atoms with E-state index in [2.05, 4.69) is 31.0 Å². The fraction of sp³-hybridized carbons (Fsp3) is 0.600. The Morgan fingerprint density at radius 1 is 1.44 bits per heavy atom. The van der Waals surface area contributed by atoms with Crippen molar-refractivity contribution in [3.05, 3.63) is 29.6 Å². The molecule has 1 fully saturated rings. The van der Waals surface area contributed by atoms with Gasteiger partial charge in [-0.25, -0.2) is 4.39 Å². The first-order chi connectivity index (χ1) is 8.58. The van der Waals surface area contributed by atoms with Crippen molar-refractivity contribution in [3.8, 4) is 0 Å². The molecular weight excluding hydrogens is 227 g/mol. The zero-order chi connectivity index (χ0) is 13.1. The first-order valence-corrected chi connectivity index (χ1v) is 6.83. The lowest BCUT2D eigenvalue weighted by molar-refractivity contribution is 0.579. The van der Waals surface area contributed by atoms with E-state index in [-0.39, 0.29) is 5.82 Å². The first-order valence-electron chi connectivity index (χ1n) is 6.83. The van der Waals surface area contributed by atoms with E-state index in [4.69, 9.17) is 0 Å². The van der Waals surface area contributed by atoms with Gasteiger partial charge in [0.05, 0.1) is 5.69 Å². The minimum Gasteiger partial charge on any atom is -0.369 e. The molecule has 0 saturated carbocycles. The molecule has 18 heavy (non-hydrogen) atoms. The molecule has 1 aromatic rings. The maximum absolute atomic E-state index is 14.1. The summed E-state index contributed by atoms with van der Waals surface area (Å²) in [6.45, 7) is 9.11. The third-order valence-corrected chi connectivity index (χ3v) is 3.51. The maximum Gasteiger partial charge on any atom is 0.146 e. The third-order valence-electron chi connectivity index (χ3n) is 3.51. The van der Waals surface area contributed by atoms with Gasteiger partial charge < -0.3 is 10.2 Å². The van der Waals surface area contributed by atoms with E-state index >= 15 is 0 Å². The Hall–Kier alpha value is -1.09. The molecule has 1 aromatic carbocycles. The molecule has 0 aliphatic carbocycles. The quantitative estimate of drug-likeness (QED) is 0.883. The molecule has 0 radical (unpaired) electrons. The van der Waals surface area contributed by atoms with Crippen molar-refractivity contribution in [3.63, 3.8) is 0 Å². The zero-order valence-electron chi connectivity index (χ0n) is 11.5. The van der Waals surface area contributed by atoms with E-state index < -0.39 is 0 Å². The topological polar surface area (TPSA) is 15.3 Å². The molecule has 1 aliphatic heterocycles. The molecule has 1 N–H and O–H groups in total. The molecule has 3 heteroatoms. The summed E-state index contributed by atoms with van der Waals surface area (Å²) >= 11 is 0. The second-order valence-electron chi connectivity index (χ2n) is 5.62. The number of hydrogen-bond acceptors (Lipinski definition) is 2.